The van der Waals surface area contributed by atoms with E-state index in [0.29, 0.717) is 26.5 Å². The zero-order valence-corrected chi connectivity index (χ0v) is 23.2. The van der Waals surface area contributed by atoms with Gasteiger partial charge in [0, 0.05) is 21.5 Å². The number of aromatic nitrogens is 2. The fraction of sp³-hybridized carbons (Fsp3) is 0.172. The number of carbonyl (C=O) groups is 1. The van der Waals surface area contributed by atoms with E-state index in [0.717, 1.165) is 11.8 Å². The summed E-state index contributed by atoms with van der Waals surface area (Å²) in [4.78, 5) is 26.9. The third kappa shape index (κ3) is 5.57. The Morgan fingerprint density at radius 1 is 0.976 bits per heavy atom. The molecule has 2 aromatic heterocycles. The number of hydrogen-bond donors (Lipinski definition) is 1. The Labute approximate surface area is 243 Å². The van der Waals surface area contributed by atoms with Gasteiger partial charge in [-0.1, -0.05) is 52.2 Å². The van der Waals surface area contributed by atoms with Gasteiger partial charge in [0.05, 0.1) is 6.54 Å². The number of rotatable bonds is 7. The van der Waals surface area contributed by atoms with Gasteiger partial charge < -0.3 is 13.9 Å². The molecule has 5 rings (SSSR count). The Hall–Kier alpha value is -4.36. The van der Waals surface area contributed by atoms with Crippen molar-refractivity contribution in [1.29, 1.82) is 0 Å². The zero-order valence-electron chi connectivity index (χ0n) is 21.7. The van der Waals surface area contributed by atoms with Gasteiger partial charge in [0.25, 0.3) is 11.8 Å². The van der Waals surface area contributed by atoms with E-state index in [1.54, 1.807) is 24.3 Å². The zero-order chi connectivity index (χ0) is 30.2. The van der Waals surface area contributed by atoms with Crippen LogP contribution in [0.15, 0.2) is 90.9 Å². The van der Waals surface area contributed by atoms with E-state index in [1.165, 1.54) is 48.5 Å². The maximum absolute atomic E-state index is 13.6. The van der Waals surface area contributed by atoms with Gasteiger partial charge in [-0.25, -0.2) is 9.18 Å². The number of hydrogen-bond acceptors (Lipinski definition) is 7. The molecule has 2 heterocycles. The Morgan fingerprint density at radius 3 is 2.31 bits per heavy atom. The molecule has 1 amide bonds. The molecule has 1 atom stereocenters. The van der Waals surface area contributed by atoms with Crippen molar-refractivity contribution in [3.05, 3.63) is 111 Å². The summed E-state index contributed by atoms with van der Waals surface area (Å²) in [5.74, 6) is -2.25. The number of fused-ring (bicyclic) bond motifs is 1. The lowest BCUT2D eigenvalue weighted by atomic mass is 10.0. The lowest BCUT2D eigenvalue weighted by Gasteiger charge is -2.25. The molecule has 0 aliphatic rings. The standard InChI is InChI=1S/C29H20BrF4N3O5/c1-2-28(40,29(32,33)34)26-35-36-27(42-26)37(25(39)18-4-8-19(30)9-5-18)15-16-3-12-21-22(14-24(38)41-23(21)13-16)17-6-10-20(31)11-7-17/h3-14,40H,2,15H2,1H3. The van der Waals surface area contributed by atoms with Crippen molar-refractivity contribution in [2.75, 3.05) is 4.90 Å². The highest BCUT2D eigenvalue weighted by Gasteiger charge is 2.58. The number of amides is 1. The molecular formula is C29H20BrF4N3O5. The van der Waals surface area contributed by atoms with Gasteiger partial charge in [-0.05, 0) is 65.6 Å². The molecule has 8 nitrogen and oxygen atoms in total. The van der Waals surface area contributed by atoms with Gasteiger partial charge in [0.1, 0.15) is 11.4 Å². The van der Waals surface area contributed by atoms with E-state index in [4.69, 9.17) is 8.83 Å². The molecule has 3 aromatic carbocycles. The summed E-state index contributed by atoms with van der Waals surface area (Å²) in [5.41, 5.74) is -2.33. The summed E-state index contributed by atoms with van der Waals surface area (Å²) >= 11 is 3.28. The highest BCUT2D eigenvalue weighted by Crippen LogP contribution is 2.41. The molecule has 1 unspecified atom stereocenters. The average molecular weight is 646 g/mol. The predicted octanol–water partition coefficient (Wildman–Crippen LogP) is 6.75. The summed E-state index contributed by atoms with van der Waals surface area (Å²) in [5, 5.41) is 17.9. The number of anilines is 1. The van der Waals surface area contributed by atoms with Crippen LogP contribution in [-0.4, -0.2) is 27.4 Å². The SMILES string of the molecule is CCC(O)(c1nnc(N(Cc2ccc3c(-c4ccc(F)cc4)cc(=O)oc3c2)C(=O)c2ccc(Br)cc2)o1)C(F)(F)F. The highest BCUT2D eigenvalue weighted by molar-refractivity contribution is 9.10. The van der Waals surface area contributed by atoms with Crippen LogP contribution in [0.4, 0.5) is 23.6 Å². The second-order valence-electron chi connectivity index (χ2n) is 9.32. The third-order valence-electron chi connectivity index (χ3n) is 6.62. The molecule has 0 bridgehead atoms. The molecule has 0 radical (unpaired) electrons. The Kier molecular flexibility index (Phi) is 7.73. The minimum atomic E-state index is -5.12. The molecule has 0 fully saturated rings. The fourth-order valence-corrected chi connectivity index (χ4v) is 4.56. The lowest BCUT2D eigenvalue weighted by Crippen LogP contribution is -2.42. The van der Waals surface area contributed by atoms with Crippen molar-refractivity contribution in [3.8, 4) is 11.1 Å². The summed E-state index contributed by atoms with van der Waals surface area (Å²) in [6, 6.07) is 17.2. The maximum Gasteiger partial charge on any atom is 0.426 e. The highest BCUT2D eigenvalue weighted by atomic mass is 79.9. The lowest BCUT2D eigenvalue weighted by molar-refractivity contribution is -0.275. The van der Waals surface area contributed by atoms with Crippen molar-refractivity contribution < 1.29 is 36.3 Å². The molecule has 216 valence electrons. The largest absolute Gasteiger partial charge is 0.426 e. The van der Waals surface area contributed by atoms with Crippen LogP contribution in [0, 0.1) is 5.82 Å². The predicted molar refractivity (Wildman–Crippen MR) is 147 cm³/mol. The van der Waals surface area contributed by atoms with Crippen molar-refractivity contribution in [1.82, 2.24) is 10.2 Å². The molecule has 42 heavy (non-hydrogen) atoms. The van der Waals surface area contributed by atoms with E-state index >= 15 is 0 Å². The molecule has 0 aliphatic carbocycles. The van der Waals surface area contributed by atoms with Crippen LogP contribution in [0.25, 0.3) is 22.1 Å². The summed E-state index contributed by atoms with van der Waals surface area (Å²) in [6.07, 6.45) is -5.93. The van der Waals surface area contributed by atoms with Crippen LogP contribution in [0.2, 0.25) is 0 Å². The molecule has 1 N–H and O–H groups in total. The number of carbonyl (C=O) groups excluding carboxylic acids is 1. The number of aliphatic hydroxyl groups is 1. The number of nitrogens with zero attached hydrogens (tertiary/aromatic N) is 3. The number of halogens is 5. The minimum absolute atomic E-state index is 0.152. The van der Waals surface area contributed by atoms with Gasteiger partial charge in [-0.2, -0.15) is 13.2 Å². The molecule has 13 heteroatoms. The number of benzene rings is 3. The second kappa shape index (κ2) is 11.1. The van der Waals surface area contributed by atoms with E-state index in [1.807, 2.05) is 0 Å². The monoisotopic (exact) mass is 645 g/mol. The first kappa shape index (κ1) is 29.1. The Morgan fingerprint density at radius 2 is 1.67 bits per heavy atom. The van der Waals surface area contributed by atoms with Crippen LogP contribution in [0.3, 0.4) is 0 Å². The van der Waals surface area contributed by atoms with Crippen molar-refractivity contribution in [2.45, 2.75) is 31.7 Å². The molecule has 0 saturated carbocycles. The third-order valence-corrected chi connectivity index (χ3v) is 7.15. The van der Waals surface area contributed by atoms with Gasteiger partial charge in [-0.3, -0.25) is 9.69 Å². The Balaban J connectivity index is 1.57. The van der Waals surface area contributed by atoms with Crippen LogP contribution in [0.1, 0.15) is 35.2 Å². The minimum Gasteiger partial charge on any atom is -0.423 e. The molecule has 0 aliphatic heterocycles. The van der Waals surface area contributed by atoms with Gasteiger partial charge in [0.2, 0.25) is 5.60 Å². The first-order valence-electron chi connectivity index (χ1n) is 12.4. The van der Waals surface area contributed by atoms with Crippen LogP contribution in [-0.2, 0) is 12.1 Å². The van der Waals surface area contributed by atoms with Crippen LogP contribution >= 0.6 is 15.9 Å². The summed E-state index contributed by atoms with van der Waals surface area (Å²) in [6.45, 7) is 0.818. The second-order valence-corrected chi connectivity index (χ2v) is 10.2. The van der Waals surface area contributed by atoms with Crippen molar-refractivity contribution >= 4 is 38.8 Å². The van der Waals surface area contributed by atoms with E-state index < -0.39 is 47.5 Å². The van der Waals surface area contributed by atoms with Gasteiger partial charge in [0.15, 0.2) is 0 Å². The van der Waals surface area contributed by atoms with E-state index in [2.05, 4.69) is 26.1 Å². The van der Waals surface area contributed by atoms with Crippen molar-refractivity contribution in [3.63, 3.8) is 0 Å². The molecule has 5 aromatic rings. The normalized spacial score (nSPS) is 13.2. The number of alkyl halides is 3. The van der Waals surface area contributed by atoms with E-state index in [-0.39, 0.29) is 17.7 Å². The topological polar surface area (TPSA) is 110 Å². The smallest absolute Gasteiger partial charge is 0.423 e. The van der Waals surface area contributed by atoms with Crippen LogP contribution < -0.4 is 10.5 Å². The van der Waals surface area contributed by atoms with Crippen molar-refractivity contribution in [2.24, 2.45) is 0 Å². The Bertz CT molecular complexity index is 1820. The summed E-state index contributed by atoms with van der Waals surface area (Å²) in [7, 11) is 0. The molecule has 0 spiro atoms. The average Bonchev–Trinajstić information content (AvgIpc) is 3.45. The first-order chi connectivity index (χ1) is 19.9. The van der Waals surface area contributed by atoms with Gasteiger partial charge >= 0.3 is 17.8 Å². The maximum atomic E-state index is 13.6. The fourth-order valence-electron chi connectivity index (χ4n) is 4.30. The quantitative estimate of drug-likeness (QED) is 0.154. The van der Waals surface area contributed by atoms with E-state index in [9.17, 15) is 32.3 Å². The van der Waals surface area contributed by atoms with Gasteiger partial charge in [-0.15, -0.1) is 5.10 Å². The summed E-state index contributed by atoms with van der Waals surface area (Å²) < 4.78 is 65.7. The molecular weight excluding hydrogens is 626 g/mol. The first-order valence-corrected chi connectivity index (χ1v) is 13.2. The molecule has 0 saturated heterocycles. The van der Waals surface area contributed by atoms with Crippen LogP contribution in [0.5, 0.6) is 0 Å².